The summed E-state index contributed by atoms with van der Waals surface area (Å²) >= 11 is 0. The fourth-order valence-corrected chi connectivity index (χ4v) is 2.62. The topological polar surface area (TPSA) is 71.8 Å². The molecule has 1 aliphatic heterocycles. The third kappa shape index (κ3) is 2.19. The number of aromatic nitrogens is 5. The van der Waals surface area contributed by atoms with E-state index in [1.807, 2.05) is 7.05 Å². The highest BCUT2D eigenvalue weighted by atomic mass is 15.3. The summed E-state index contributed by atoms with van der Waals surface area (Å²) in [7, 11) is 1.90. The highest BCUT2D eigenvalue weighted by Crippen LogP contribution is 2.27. The minimum absolute atomic E-state index is 0.747. The lowest BCUT2D eigenvalue weighted by atomic mass is 10.1. The van der Waals surface area contributed by atoms with Crippen LogP contribution in [0.2, 0.25) is 0 Å². The number of hydrogen-bond donors (Lipinski definition) is 1. The highest BCUT2D eigenvalue weighted by molar-refractivity contribution is 5.58. The molecule has 7 nitrogen and oxygen atoms in total. The van der Waals surface area contributed by atoms with Crippen LogP contribution in [0.4, 0.5) is 11.6 Å². The van der Waals surface area contributed by atoms with Gasteiger partial charge in [-0.25, -0.2) is 9.97 Å². The fourth-order valence-electron chi connectivity index (χ4n) is 2.62. The predicted molar refractivity (Wildman–Crippen MR) is 76.6 cm³/mol. The van der Waals surface area contributed by atoms with E-state index >= 15 is 0 Å². The molecule has 1 aliphatic rings. The number of fused-ring (bicyclic) bond motifs is 1. The maximum Gasteiger partial charge on any atom is 0.152 e. The van der Waals surface area contributed by atoms with Crippen molar-refractivity contribution in [1.29, 1.82) is 0 Å². The van der Waals surface area contributed by atoms with Crippen LogP contribution in [0.25, 0.3) is 0 Å². The Hall–Kier alpha value is -2.18. The van der Waals surface area contributed by atoms with Gasteiger partial charge in [0, 0.05) is 25.7 Å². The summed E-state index contributed by atoms with van der Waals surface area (Å²) < 4.78 is 2.09. The molecule has 20 heavy (non-hydrogen) atoms. The van der Waals surface area contributed by atoms with Crippen molar-refractivity contribution < 1.29 is 0 Å². The zero-order valence-corrected chi connectivity index (χ0v) is 11.9. The molecule has 2 aromatic rings. The van der Waals surface area contributed by atoms with Gasteiger partial charge < -0.3 is 14.8 Å². The summed E-state index contributed by atoms with van der Waals surface area (Å²) in [6.45, 7) is 4.73. The number of nitrogens with one attached hydrogen (secondary N) is 1. The van der Waals surface area contributed by atoms with Gasteiger partial charge in [-0.05, 0) is 6.42 Å². The highest BCUT2D eigenvalue weighted by Gasteiger charge is 2.22. The van der Waals surface area contributed by atoms with Crippen molar-refractivity contribution in [1.82, 2.24) is 24.7 Å². The largest absolute Gasteiger partial charge is 0.373 e. The van der Waals surface area contributed by atoms with Gasteiger partial charge in [0.15, 0.2) is 5.82 Å². The van der Waals surface area contributed by atoms with Crippen molar-refractivity contribution in [2.45, 2.75) is 32.9 Å². The molecule has 106 valence electrons. The monoisotopic (exact) mass is 273 g/mol. The number of anilines is 2. The van der Waals surface area contributed by atoms with E-state index in [4.69, 9.17) is 0 Å². The molecule has 7 heteroatoms. The smallest absolute Gasteiger partial charge is 0.152 e. The standard InChI is InChI=1S/C13H19N7/c1-3-4-10-12(14-2)15-8-16-13(10)19-5-6-20-9-17-18-11(20)7-19/h8-9H,3-7H2,1-2H3,(H,14,15,16). The van der Waals surface area contributed by atoms with Crippen LogP contribution < -0.4 is 10.2 Å². The van der Waals surface area contributed by atoms with Gasteiger partial charge in [0.2, 0.25) is 0 Å². The molecule has 0 spiro atoms. The Kier molecular flexibility index (Phi) is 3.49. The Labute approximate surface area is 118 Å². The van der Waals surface area contributed by atoms with Crippen molar-refractivity contribution in [3.05, 3.63) is 24.0 Å². The van der Waals surface area contributed by atoms with Gasteiger partial charge in [0.05, 0.1) is 6.54 Å². The summed E-state index contributed by atoms with van der Waals surface area (Å²) in [5, 5.41) is 11.3. The molecule has 0 unspecified atom stereocenters. The lowest BCUT2D eigenvalue weighted by Gasteiger charge is -2.30. The molecule has 0 aromatic carbocycles. The first-order valence-corrected chi connectivity index (χ1v) is 6.96. The summed E-state index contributed by atoms with van der Waals surface area (Å²) in [5.74, 6) is 2.92. The van der Waals surface area contributed by atoms with E-state index in [1.165, 1.54) is 5.56 Å². The summed E-state index contributed by atoms with van der Waals surface area (Å²) in [6.07, 6.45) is 5.45. The molecule has 0 amide bonds. The first-order chi connectivity index (χ1) is 9.83. The number of hydrogen-bond acceptors (Lipinski definition) is 6. The maximum absolute atomic E-state index is 4.50. The maximum atomic E-state index is 4.50. The third-order valence-corrected chi connectivity index (χ3v) is 3.60. The number of nitrogens with zero attached hydrogens (tertiary/aromatic N) is 6. The van der Waals surface area contributed by atoms with Gasteiger partial charge in [-0.15, -0.1) is 10.2 Å². The van der Waals surface area contributed by atoms with Crippen LogP contribution in [-0.4, -0.2) is 38.3 Å². The molecule has 0 fully saturated rings. The van der Waals surface area contributed by atoms with Crippen LogP contribution in [0, 0.1) is 0 Å². The molecular weight excluding hydrogens is 254 g/mol. The average molecular weight is 273 g/mol. The Morgan fingerprint density at radius 2 is 2.20 bits per heavy atom. The molecule has 2 aromatic heterocycles. The van der Waals surface area contributed by atoms with Gasteiger partial charge in [0.1, 0.15) is 24.3 Å². The molecule has 0 aliphatic carbocycles. The lowest BCUT2D eigenvalue weighted by molar-refractivity contribution is 0.554. The van der Waals surface area contributed by atoms with E-state index in [0.717, 1.165) is 49.9 Å². The van der Waals surface area contributed by atoms with Crippen LogP contribution in [0.3, 0.4) is 0 Å². The van der Waals surface area contributed by atoms with Gasteiger partial charge in [-0.2, -0.15) is 0 Å². The molecule has 0 saturated heterocycles. The van der Waals surface area contributed by atoms with Crippen LogP contribution >= 0.6 is 0 Å². The minimum Gasteiger partial charge on any atom is -0.373 e. The van der Waals surface area contributed by atoms with Crippen molar-refractivity contribution in [3.8, 4) is 0 Å². The van der Waals surface area contributed by atoms with Crippen LogP contribution in [0.15, 0.2) is 12.7 Å². The molecule has 0 saturated carbocycles. The van der Waals surface area contributed by atoms with Crippen LogP contribution in [0.1, 0.15) is 24.7 Å². The Bertz CT molecular complexity index is 592. The first-order valence-electron chi connectivity index (χ1n) is 6.96. The zero-order valence-electron chi connectivity index (χ0n) is 11.9. The summed E-state index contributed by atoms with van der Waals surface area (Å²) in [4.78, 5) is 11.1. The lowest BCUT2D eigenvalue weighted by Crippen LogP contribution is -2.35. The summed E-state index contributed by atoms with van der Waals surface area (Å²) in [5.41, 5.74) is 1.19. The molecular formula is C13H19N7. The van der Waals surface area contributed by atoms with E-state index in [1.54, 1.807) is 12.7 Å². The molecule has 0 radical (unpaired) electrons. The normalized spacial score (nSPS) is 14.2. The van der Waals surface area contributed by atoms with E-state index in [0.29, 0.717) is 0 Å². The second-order valence-corrected chi connectivity index (χ2v) is 4.89. The van der Waals surface area contributed by atoms with Crippen LogP contribution in [0.5, 0.6) is 0 Å². The molecule has 0 bridgehead atoms. The van der Waals surface area contributed by atoms with Crippen molar-refractivity contribution >= 4 is 11.6 Å². The molecule has 0 atom stereocenters. The Balaban J connectivity index is 1.94. The van der Waals surface area contributed by atoms with E-state index in [2.05, 4.69) is 41.9 Å². The van der Waals surface area contributed by atoms with Crippen molar-refractivity contribution in [2.75, 3.05) is 23.8 Å². The molecule has 1 N–H and O–H groups in total. The number of rotatable bonds is 4. The zero-order chi connectivity index (χ0) is 13.9. The van der Waals surface area contributed by atoms with Crippen molar-refractivity contribution in [3.63, 3.8) is 0 Å². The predicted octanol–water partition coefficient (Wildman–Crippen LogP) is 1.08. The average Bonchev–Trinajstić information content (AvgIpc) is 2.95. The van der Waals surface area contributed by atoms with Gasteiger partial charge in [-0.1, -0.05) is 13.3 Å². The SMILES string of the molecule is CCCc1c(NC)ncnc1N1CCn2cnnc2C1. The third-order valence-electron chi connectivity index (χ3n) is 3.60. The summed E-state index contributed by atoms with van der Waals surface area (Å²) in [6, 6.07) is 0. The van der Waals surface area contributed by atoms with Gasteiger partial charge in [0.25, 0.3) is 0 Å². The van der Waals surface area contributed by atoms with E-state index in [9.17, 15) is 0 Å². The molecule has 3 heterocycles. The van der Waals surface area contributed by atoms with Gasteiger partial charge >= 0.3 is 0 Å². The first kappa shape index (κ1) is 12.8. The molecule has 3 rings (SSSR count). The fraction of sp³-hybridized carbons (Fsp3) is 0.538. The quantitative estimate of drug-likeness (QED) is 0.899. The second-order valence-electron chi connectivity index (χ2n) is 4.89. The Morgan fingerprint density at radius 1 is 1.30 bits per heavy atom. The second kappa shape index (κ2) is 5.44. The van der Waals surface area contributed by atoms with E-state index in [-0.39, 0.29) is 0 Å². The van der Waals surface area contributed by atoms with Gasteiger partial charge in [-0.3, -0.25) is 0 Å². The Morgan fingerprint density at radius 3 is 3.00 bits per heavy atom. The van der Waals surface area contributed by atoms with Crippen LogP contribution in [-0.2, 0) is 19.5 Å². The van der Waals surface area contributed by atoms with E-state index < -0.39 is 0 Å². The van der Waals surface area contributed by atoms with Crippen molar-refractivity contribution in [2.24, 2.45) is 0 Å². The minimum atomic E-state index is 0.747.